The summed E-state index contributed by atoms with van der Waals surface area (Å²) in [6, 6.07) is 13.0. The second-order valence-electron chi connectivity index (χ2n) is 4.82. The Balaban J connectivity index is 2.25. The van der Waals surface area contributed by atoms with E-state index in [2.05, 4.69) is 37.9 Å². The number of methoxy groups -OCH3 is 1. The number of carbonyl (C=O) groups is 1. The van der Waals surface area contributed by atoms with Gasteiger partial charge in [-0.2, -0.15) is 5.26 Å². The SMILES string of the molecule is COc1c(Br)cc(Br)cc1C(=O)n1cc(C#N)c2ccccc21. The number of halogens is 2. The van der Waals surface area contributed by atoms with Crippen LogP contribution in [-0.4, -0.2) is 17.6 Å². The van der Waals surface area contributed by atoms with Crippen molar-refractivity contribution in [3.8, 4) is 11.8 Å². The van der Waals surface area contributed by atoms with Gasteiger partial charge in [-0.25, -0.2) is 0 Å². The van der Waals surface area contributed by atoms with Gasteiger partial charge in [0.1, 0.15) is 11.8 Å². The molecule has 0 N–H and O–H groups in total. The molecule has 114 valence electrons. The number of rotatable bonds is 2. The zero-order chi connectivity index (χ0) is 16.6. The van der Waals surface area contributed by atoms with E-state index in [-0.39, 0.29) is 5.91 Å². The number of benzene rings is 2. The predicted molar refractivity (Wildman–Crippen MR) is 94.8 cm³/mol. The van der Waals surface area contributed by atoms with Crippen molar-refractivity contribution in [3.63, 3.8) is 0 Å². The van der Waals surface area contributed by atoms with E-state index in [9.17, 15) is 10.1 Å². The van der Waals surface area contributed by atoms with Gasteiger partial charge in [0.15, 0.2) is 0 Å². The Hall–Kier alpha value is -2.10. The predicted octanol–water partition coefficient (Wildman–Crippen LogP) is 4.74. The van der Waals surface area contributed by atoms with Crippen molar-refractivity contribution in [2.75, 3.05) is 7.11 Å². The van der Waals surface area contributed by atoms with Crippen LogP contribution in [0.2, 0.25) is 0 Å². The number of aromatic nitrogens is 1. The normalized spacial score (nSPS) is 10.5. The lowest BCUT2D eigenvalue weighted by atomic mass is 10.1. The Morgan fingerprint density at radius 1 is 1.26 bits per heavy atom. The lowest BCUT2D eigenvalue weighted by Gasteiger charge is -2.11. The molecule has 0 aliphatic heterocycles. The summed E-state index contributed by atoms with van der Waals surface area (Å²) >= 11 is 6.79. The van der Waals surface area contributed by atoms with E-state index in [1.807, 2.05) is 30.3 Å². The average molecular weight is 434 g/mol. The molecular formula is C17H10Br2N2O2. The molecule has 0 aliphatic rings. The van der Waals surface area contributed by atoms with Crippen molar-refractivity contribution in [3.05, 3.63) is 62.7 Å². The molecule has 0 unspecified atom stereocenters. The minimum Gasteiger partial charge on any atom is -0.495 e. The van der Waals surface area contributed by atoms with Crippen molar-refractivity contribution < 1.29 is 9.53 Å². The first kappa shape index (κ1) is 15.8. The van der Waals surface area contributed by atoms with Crippen molar-refractivity contribution in [2.45, 2.75) is 0 Å². The lowest BCUT2D eigenvalue weighted by Crippen LogP contribution is -2.12. The third-order valence-corrected chi connectivity index (χ3v) is 4.54. The number of para-hydroxylation sites is 1. The summed E-state index contributed by atoms with van der Waals surface area (Å²) < 4.78 is 8.26. The first-order chi connectivity index (χ1) is 11.1. The van der Waals surface area contributed by atoms with Gasteiger partial charge in [-0.05, 0) is 34.1 Å². The highest BCUT2D eigenvalue weighted by Crippen LogP contribution is 2.34. The molecule has 3 rings (SSSR count). The van der Waals surface area contributed by atoms with Crippen molar-refractivity contribution in [1.82, 2.24) is 4.57 Å². The molecule has 0 radical (unpaired) electrons. The van der Waals surface area contributed by atoms with E-state index in [4.69, 9.17) is 4.74 Å². The maximum absolute atomic E-state index is 13.0. The van der Waals surface area contributed by atoms with Gasteiger partial charge < -0.3 is 4.74 Å². The number of hydrogen-bond donors (Lipinski definition) is 0. The number of fused-ring (bicyclic) bond motifs is 1. The Bertz CT molecular complexity index is 971. The lowest BCUT2D eigenvalue weighted by molar-refractivity contribution is 0.0961. The van der Waals surface area contributed by atoms with Crippen molar-refractivity contribution in [1.29, 1.82) is 5.26 Å². The fraction of sp³-hybridized carbons (Fsp3) is 0.0588. The molecule has 3 aromatic rings. The summed E-state index contributed by atoms with van der Waals surface area (Å²) in [7, 11) is 1.51. The van der Waals surface area contributed by atoms with Gasteiger partial charge in [-0.1, -0.05) is 34.1 Å². The zero-order valence-corrected chi connectivity index (χ0v) is 15.2. The molecule has 6 heteroatoms. The zero-order valence-electron chi connectivity index (χ0n) is 12.0. The smallest absolute Gasteiger partial charge is 0.266 e. The molecule has 2 aromatic carbocycles. The van der Waals surface area contributed by atoms with Gasteiger partial charge in [0.25, 0.3) is 5.91 Å². The van der Waals surface area contributed by atoms with Crippen LogP contribution in [0.3, 0.4) is 0 Å². The summed E-state index contributed by atoms with van der Waals surface area (Å²) in [5, 5.41) is 10.0. The van der Waals surface area contributed by atoms with Gasteiger partial charge in [0, 0.05) is 16.1 Å². The summed E-state index contributed by atoms with van der Waals surface area (Å²) in [5.41, 5.74) is 1.55. The van der Waals surface area contributed by atoms with Crippen molar-refractivity contribution in [2.24, 2.45) is 0 Å². The second kappa shape index (κ2) is 6.19. The van der Waals surface area contributed by atoms with Crippen LogP contribution in [0, 0.1) is 11.3 Å². The molecule has 23 heavy (non-hydrogen) atoms. The van der Waals surface area contributed by atoms with E-state index in [0.717, 1.165) is 9.86 Å². The summed E-state index contributed by atoms with van der Waals surface area (Å²) in [4.78, 5) is 13.0. The van der Waals surface area contributed by atoms with Crippen LogP contribution in [0.15, 0.2) is 51.5 Å². The summed E-state index contributed by atoms with van der Waals surface area (Å²) in [6.07, 6.45) is 1.56. The summed E-state index contributed by atoms with van der Waals surface area (Å²) in [5.74, 6) is 0.191. The molecule has 0 atom stereocenters. The molecule has 0 amide bonds. The van der Waals surface area contributed by atoms with Crippen LogP contribution in [-0.2, 0) is 0 Å². The molecule has 1 aromatic heterocycles. The van der Waals surface area contributed by atoms with Gasteiger partial charge in [-0.3, -0.25) is 9.36 Å². The first-order valence-corrected chi connectivity index (χ1v) is 8.23. The number of ether oxygens (including phenoxy) is 1. The summed E-state index contributed by atoms with van der Waals surface area (Å²) in [6.45, 7) is 0. The number of hydrogen-bond acceptors (Lipinski definition) is 3. The quantitative estimate of drug-likeness (QED) is 0.586. The van der Waals surface area contributed by atoms with Gasteiger partial charge in [0.2, 0.25) is 0 Å². The molecule has 0 saturated heterocycles. The maximum atomic E-state index is 13.0. The molecular weight excluding hydrogens is 424 g/mol. The van der Waals surface area contributed by atoms with Crippen LogP contribution in [0.1, 0.15) is 15.9 Å². The number of nitriles is 1. The Kier molecular flexibility index (Phi) is 4.24. The standard InChI is InChI=1S/C17H10Br2N2O2/c1-23-16-13(6-11(18)7-14(16)19)17(22)21-9-10(8-20)12-4-2-3-5-15(12)21/h2-7,9H,1H3. The van der Waals surface area contributed by atoms with Gasteiger partial charge >= 0.3 is 0 Å². The fourth-order valence-corrected chi connectivity index (χ4v) is 3.88. The molecule has 0 saturated carbocycles. The second-order valence-corrected chi connectivity index (χ2v) is 6.59. The van der Waals surface area contributed by atoms with E-state index in [0.29, 0.717) is 26.9 Å². The average Bonchev–Trinajstić information content (AvgIpc) is 2.92. The van der Waals surface area contributed by atoms with E-state index >= 15 is 0 Å². The van der Waals surface area contributed by atoms with Gasteiger partial charge in [0.05, 0.1) is 28.2 Å². The van der Waals surface area contributed by atoms with Crippen LogP contribution in [0.5, 0.6) is 5.75 Å². The molecule has 4 nitrogen and oxygen atoms in total. The first-order valence-electron chi connectivity index (χ1n) is 6.64. The molecule has 0 aliphatic carbocycles. The van der Waals surface area contributed by atoms with E-state index < -0.39 is 0 Å². The minimum atomic E-state index is -0.262. The highest BCUT2D eigenvalue weighted by atomic mass is 79.9. The Labute approximate surface area is 149 Å². The molecule has 0 fully saturated rings. The van der Waals surface area contributed by atoms with E-state index in [1.54, 1.807) is 12.3 Å². The van der Waals surface area contributed by atoms with E-state index in [1.165, 1.54) is 11.7 Å². The minimum absolute atomic E-state index is 0.262. The van der Waals surface area contributed by atoms with Crippen molar-refractivity contribution >= 4 is 48.7 Å². The van der Waals surface area contributed by atoms with Crippen LogP contribution in [0.25, 0.3) is 10.9 Å². The highest BCUT2D eigenvalue weighted by molar-refractivity contribution is 9.11. The van der Waals surface area contributed by atoms with Crippen LogP contribution < -0.4 is 4.74 Å². The number of carbonyl (C=O) groups excluding carboxylic acids is 1. The number of nitrogens with zero attached hydrogens (tertiary/aromatic N) is 2. The topological polar surface area (TPSA) is 55.0 Å². The van der Waals surface area contributed by atoms with Crippen LogP contribution in [0.4, 0.5) is 0 Å². The van der Waals surface area contributed by atoms with Crippen LogP contribution >= 0.6 is 31.9 Å². The third-order valence-electron chi connectivity index (χ3n) is 3.49. The molecule has 0 bridgehead atoms. The maximum Gasteiger partial charge on any atom is 0.266 e. The Morgan fingerprint density at radius 3 is 2.70 bits per heavy atom. The molecule has 0 spiro atoms. The van der Waals surface area contributed by atoms with Gasteiger partial charge in [-0.15, -0.1) is 0 Å². The monoisotopic (exact) mass is 432 g/mol. The fourth-order valence-electron chi connectivity index (χ4n) is 2.49. The highest BCUT2D eigenvalue weighted by Gasteiger charge is 2.20. The molecule has 1 heterocycles. The third kappa shape index (κ3) is 2.67. The largest absolute Gasteiger partial charge is 0.495 e. The Morgan fingerprint density at radius 2 is 2.00 bits per heavy atom.